The quantitative estimate of drug-likeness (QED) is 0.805. The maximum Gasteiger partial charge on any atom is 0.256 e. The van der Waals surface area contributed by atoms with Crippen LogP contribution in [-0.2, 0) is 15.8 Å². The highest BCUT2D eigenvalue weighted by Crippen LogP contribution is 2.20. The monoisotopic (exact) mass is 404 g/mol. The van der Waals surface area contributed by atoms with Gasteiger partial charge in [0.2, 0.25) is 10.0 Å². The minimum absolute atomic E-state index is 0.0424. The molecule has 1 aliphatic heterocycles. The Hall–Kier alpha value is -2.25. The molecule has 0 bridgehead atoms. The van der Waals surface area contributed by atoms with Crippen molar-refractivity contribution in [1.82, 2.24) is 9.62 Å². The molecule has 28 heavy (non-hydrogen) atoms. The Labute approximate surface area is 165 Å². The second-order valence-corrected chi connectivity index (χ2v) is 9.12. The molecule has 0 unspecified atom stereocenters. The molecule has 7 heteroatoms. The van der Waals surface area contributed by atoms with Crippen LogP contribution in [0.1, 0.15) is 34.3 Å². The van der Waals surface area contributed by atoms with Crippen LogP contribution in [0.25, 0.3) is 0 Å². The molecule has 2 aromatic carbocycles. The standard InChI is InChI=1S/C21H25FN2O3S/c1-16-5-4-6-18(13-16)15-28(26,27)23-14-17-9-11-24(12-10-17)21(25)19-7-2-3-8-20(19)22/h2-8,13,17,23H,9-12,14-15H2,1H3. The van der Waals surface area contributed by atoms with Crippen molar-refractivity contribution in [3.05, 3.63) is 71.0 Å². The maximum atomic E-state index is 13.8. The van der Waals surface area contributed by atoms with Crippen LogP contribution in [0.5, 0.6) is 0 Å². The van der Waals surface area contributed by atoms with E-state index in [-0.39, 0.29) is 23.1 Å². The van der Waals surface area contributed by atoms with E-state index in [2.05, 4.69) is 4.72 Å². The van der Waals surface area contributed by atoms with Gasteiger partial charge in [0.25, 0.3) is 5.91 Å². The fourth-order valence-corrected chi connectivity index (χ4v) is 4.67. The van der Waals surface area contributed by atoms with Crippen LogP contribution in [0, 0.1) is 18.7 Å². The molecule has 1 amide bonds. The first-order valence-corrected chi connectivity index (χ1v) is 11.1. The van der Waals surface area contributed by atoms with Gasteiger partial charge in [-0.05, 0) is 43.4 Å². The van der Waals surface area contributed by atoms with Crippen molar-refractivity contribution in [2.75, 3.05) is 19.6 Å². The molecule has 1 fully saturated rings. The SMILES string of the molecule is Cc1cccc(CS(=O)(=O)NCC2CCN(C(=O)c3ccccc3F)CC2)c1. The molecule has 0 aliphatic carbocycles. The Morgan fingerprint density at radius 2 is 1.86 bits per heavy atom. The number of sulfonamides is 1. The number of carbonyl (C=O) groups excluding carboxylic acids is 1. The lowest BCUT2D eigenvalue weighted by atomic mass is 9.96. The number of carbonyl (C=O) groups is 1. The average molecular weight is 405 g/mol. The van der Waals surface area contributed by atoms with Gasteiger partial charge in [0, 0.05) is 19.6 Å². The van der Waals surface area contributed by atoms with E-state index < -0.39 is 15.8 Å². The van der Waals surface area contributed by atoms with Crippen LogP contribution in [0.4, 0.5) is 4.39 Å². The molecule has 1 heterocycles. The predicted molar refractivity (Wildman–Crippen MR) is 107 cm³/mol. The minimum Gasteiger partial charge on any atom is -0.339 e. The zero-order chi connectivity index (χ0) is 20.1. The molecule has 0 spiro atoms. The summed E-state index contributed by atoms with van der Waals surface area (Å²) in [4.78, 5) is 14.1. The van der Waals surface area contributed by atoms with E-state index in [4.69, 9.17) is 0 Å². The maximum absolute atomic E-state index is 13.8. The van der Waals surface area contributed by atoms with Crippen molar-refractivity contribution in [2.24, 2.45) is 5.92 Å². The highest BCUT2D eigenvalue weighted by atomic mass is 32.2. The van der Waals surface area contributed by atoms with Crippen molar-refractivity contribution >= 4 is 15.9 Å². The summed E-state index contributed by atoms with van der Waals surface area (Å²) in [5.41, 5.74) is 1.87. The van der Waals surface area contributed by atoms with Gasteiger partial charge in [0.1, 0.15) is 5.82 Å². The lowest BCUT2D eigenvalue weighted by Gasteiger charge is -2.32. The summed E-state index contributed by atoms with van der Waals surface area (Å²) in [5.74, 6) is -0.702. The zero-order valence-electron chi connectivity index (χ0n) is 15.9. The first-order chi connectivity index (χ1) is 13.3. The molecule has 0 atom stereocenters. The number of halogens is 1. The third-order valence-corrected chi connectivity index (χ3v) is 6.36. The number of piperidine rings is 1. The predicted octanol–water partition coefficient (Wildman–Crippen LogP) is 3.11. The van der Waals surface area contributed by atoms with Gasteiger partial charge in [0.15, 0.2) is 0 Å². The van der Waals surface area contributed by atoms with Gasteiger partial charge in [0.05, 0.1) is 11.3 Å². The van der Waals surface area contributed by atoms with E-state index in [1.807, 2.05) is 25.1 Å². The van der Waals surface area contributed by atoms with Crippen LogP contribution in [0.2, 0.25) is 0 Å². The number of nitrogens with zero attached hydrogens (tertiary/aromatic N) is 1. The molecule has 3 rings (SSSR count). The molecule has 2 aromatic rings. The van der Waals surface area contributed by atoms with E-state index in [0.29, 0.717) is 32.5 Å². The van der Waals surface area contributed by atoms with Crippen molar-refractivity contribution in [1.29, 1.82) is 0 Å². The van der Waals surface area contributed by atoms with Gasteiger partial charge < -0.3 is 4.90 Å². The lowest BCUT2D eigenvalue weighted by Crippen LogP contribution is -2.42. The molecule has 0 radical (unpaired) electrons. The van der Waals surface area contributed by atoms with Crippen molar-refractivity contribution < 1.29 is 17.6 Å². The minimum atomic E-state index is -3.41. The Morgan fingerprint density at radius 3 is 2.54 bits per heavy atom. The fourth-order valence-electron chi connectivity index (χ4n) is 3.46. The van der Waals surface area contributed by atoms with E-state index >= 15 is 0 Å². The summed E-state index contributed by atoms with van der Waals surface area (Å²) in [6.07, 6.45) is 1.38. The fraction of sp³-hybridized carbons (Fsp3) is 0.381. The largest absolute Gasteiger partial charge is 0.339 e. The van der Waals surface area contributed by atoms with Gasteiger partial charge in [-0.1, -0.05) is 42.0 Å². The smallest absolute Gasteiger partial charge is 0.256 e. The number of likely N-dealkylation sites (tertiary alicyclic amines) is 1. The number of amides is 1. The summed E-state index contributed by atoms with van der Waals surface area (Å²) >= 11 is 0. The Kier molecular flexibility index (Phi) is 6.46. The molecule has 5 nitrogen and oxygen atoms in total. The van der Waals surface area contributed by atoms with Crippen LogP contribution < -0.4 is 4.72 Å². The normalized spacial score (nSPS) is 15.6. The number of rotatable bonds is 6. The topological polar surface area (TPSA) is 66.5 Å². The van der Waals surface area contributed by atoms with Gasteiger partial charge in [-0.25, -0.2) is 17.5 Å². The highest BCUT2D eigenvalue weighted by Gasteiger charge is 2.26. The molecule has 1 N–H and O–H groups in total. The van der Waals surface area contributed by atoms with Gasteiger partial charge in [-0.3, -0.25) is 4.79 Å². The molecular weight excluding hydrogens is 379 g/mol. The van der Waals surface area contributed by atoms with Gasteiger partial charge in [-0.15, -0.1) is 0 Å². The van der Waals surface area contributed by atoms with E-state index in [1.165, 1.54) is 12.1 Å². The highest BCUT2D eigenvalue weighted by molar-refractivity contribution is 7.88. The van der Waals surface area contributed by atoms with Crippen molar-refractivity contribution in [3.8, 4) is 0 Å². The van der Waals surface area contributed by atoms with E-state index in [9.17, 15) is 17.6 Å². The van der Waals surface area contributed by atoms with Crippen LogP contribution >= 0.6 is 0 Å². The molecule has 1 saturated heterocycles. The van der Waals surface area contributed by atoms with Gasteiger partial charge >= 0.3 is 0 Å². The third-order valence-electron chi connectivity index (χ3n) is 5.04. The summed E-state index contributed by atoms with van der Waals surface area (Å²) in [5, 5.41) is 0. The number of aryl methyl sites for hydroxylation is 1. The second-order valence-electron chi connectivity index (χ2n) is 7.31. The zero-order valence-corrected chi connectivity index (χ0v) is 16.7. The number of benzene rings is 2. The summed E-state index contributed by atoms with van der Waals surface area (Å²) in [7, 11) is -3.41. The summed E-state index contributed by atoms with van der Waals surface area (Å²) < 4.78 is 41.2. The molecule has 1 aliphatic rings. The Balaban J connectivity index is 1.49. The van der Waals surface area contributed by atoms with Crippen molar-refractivity contribution in [3.63, 3.8) is 0 Å². The number of nitrogens with one attached hydrogen (secondary N) is 1. The second kappa shape index (κ2) is 8.84. The van der Waals surface area contributed by atoms with Gasteiger partial charge in [-0.2, -0.15) is 0 Å². The lowest BCUT2D eigenvalue weighted by molar-refractivity contribution is 0.0687. The molecule has 0 saturated carbocycles. The summed E-state index contributed by atoms with van der Waals surface area (Å²) in [6, 6.07) is 13.4. The molecule has 150 valence electrons. The van der Waals surface area contributed by atoms with Crippen LogP contribution in [0.3, 0.4) is 0 Å². The number of hydrogen-bond donors (Lipinski definition) is 1. The van der Waals surface area contributed by atoms with E-state index in [1.54, 1.807) is 23.1 Å². The number of hydrogen-bond acceptors (Lipinski definition) is 3. The van der Waals surface area contributed by atoms with Crippen LogP contribution in [0.15, 0.2) is 48.5 Å². The molecule has 0 aromatic heterocycles. The first kappa shape index (κ1) is 20.5. The average Bonchev–Trinajstić information content (AvgIpc) is 2.66. The summed E-state index contributed by atoms with van der Waals surface area (Å²) in [6.45, 7) is 3.28. The molecular formula is C21H25FN2O3S. The van der Waals surface area contributed by atoms with Crippen LogP contribution in [-0.4, -0.2) is 38.9 Å². The Bertz CT molecular complexity index is 938. The third kappa shape index (κ3) is 5.39. The Morgan fingerprint density at radius 1 is 1.14 bits per heavy atom. The van der Waals surface area contributed by atoms with E-state index in [0.717, 1.165) is 11.1 Å². The first-order valence-electron chi connectivity index (χ1n) is 9.41. The van der Waals surface area contributed by atoms with Crippen molar-refractivity contribution in [2.45, 2.75) is 25.5 Å².